The molecule has 37 heavy (non-hydrogen) atoms. The zero-order valence-electron chi connectivity index (χ0n) is 23.5. The SMILES string of the molecule is Cc1nc2cnc(N3CCOCC3)cc2n1Cc1cccc2c1CN(CCO[Si](C)(C)C(C)(C)C)CC2. The summed E-state index contributed by atoms with van der Waals surface area (Å²) < 4.78 is 14.4. The van der Waals surface area contributed by atoms with Gasteiger partial charge in [0.2, 0.25) is 0 Å². The lowest BCUT2D eigenvalue weighted by molar-refractivity contribution is 0.122. The number of imidazole rings is 1. The van der Waals surface area contributed by atoms with Gasteiger partial charge in [-0.1, -0.05) is 39.0 Å². The van der Waals surface area contributed by atoms with E-state index >= 15 is 0 Å². The number of hydrogen-bond acceptors (Lipinski definition) is 6. The Morgan fingerprint density at radius 2 is 1.89 bits per heavy atom. The number of hydrogen-bond donors (Lipinski definition) is 0. The van der Waals surface area contributed by atoms with Crippen molar-refractivity contribution in [1.82, 2.24) is 19.4 Å². The predicted octanol–water partition coefficient (Wildman–Crippen LogP) is 5.00. The van der Waals surface area contributed by atoms with Gasteiger partial charge in [-0.25, -0.2) is 9.97 Å². The van der Waals surface area contributed by atoms with Crippen molar-refractivity contribution in [2.24, 2.45) is 0 Å². The van der Waals surface area contributed by atoms with Gasteiger partial charge >= 0.3 is 0 Å². The molecule has 8 heteroatoms. The molecule has 1 aromatic carbocycles. The van der Waals surface area contributed by atoms with Crippen LogP contribution in [0.15, 0.2) is 30.5 Å². The van der Waals surface area contributed by atoms with Crippen LogP contribution in [-0.4, -0.2) is 73.8 Å². The van der Waals surface area contributed by atoms with Crippen LogP contribution in [0.1, 0.15) is 43.3 Å². The predicted molar refractivity (Wildman–Crippen MR) is 153 cm³/mol. The molecule has 0 N–H and O–H groups in total. The minimum atomic E-state index is -1.72. The van der Waals surface area contributed by atoms with Gasteiger partial charge in [-0.2, -0.15) is 0 Å². The highest BCUT2D eigenvalue weighted by atomic mass is 28.4. The monoisotopic (exact) mass is 521 g/mol. The Morgan fingerprint density at radius 1 is 1.11 bits per heavy atom. The molecule has 200 valence electrons. The van der Waals surface area contributed by atoms with Crippen LogP contribution in [0, 0.1) is 6.92 Å². The minimum absolute atomic E-state index is 0.247. The van der Waals surface area contributed by atoms with Crippen molar-refractivity contribution in [2.75, 3.05) is 50.9 Å². The molecule has 4 heterocycles. The standard InChI is InChI=1S/C29H43N5O2Si/c1-22-31-26-19-30-28(33-13-15-35-16-14-33)18-27(26)34(22)20-24-9-7-8-23-10-11-32(21-25(23)24)12-17-36-37(5,6)29(2,3)4/h7-9,18-19H,10-17,20-21H2,1-6H3. The average molecular weight is 522 g/mol. The number of benzene rings is 1. The summed E-state index contributed by atoms with van der Waals surface area (Å²) in [5.41, 5.74) is 6.46. The third-order valence-corrected chi connectivity index (χ3v) is 13.1. The highest BCUT2D eigenvalue weighted by Gasteiger charge is 2.37. The molecule has 0 amide bonds. The Labute approximate surface area is 222 Å². The number of anilines is 1. The number of fused-ring (bicyclic) bond motifs is 2. The molecule has 0 aliphatic carbocycles. The summed E-state index contributed by atoms with van der Waals surface area (Å²) in [5, 5.41) is 0.247. The Bertz CT molecular complexity index is 1240. The first-order valence-electron chi connectivity index (χ1n) is 13.7. The summed E-state index contributed by atoms with van der Waals surface area (Å²) in [6, 6.07) is 9.03. The van der Waals surface area contributed by atoms with E-state index in [9.17, 15) is 0 Å². The molecule has 0 unspecified atom stereocenters. The van der Waals surface area contributed by atoms with Gasteiger partial charge in [0.05, 0.1) is 24.9 Å². The summed E-state index contributed by atoms with van der Waals surface area (Å²) in [6.45, 7) is 21.7. The molecule has 0 saturated carbocycles. The summed E-state index contributed by atoms with van der Waals surface area (Å²) in [4.78, 5) is 14.4. The Kier molecular flexibility index (Phi) is 7.46. The normalized spacial score (nSPS) is 17.4. The van der Waals surface area contributed by atoms with Crippen LogP contribution in [0.25, 0.3) is 11.0 Å². The number of aryl methyl sites for hydroxylation is 1. The second kappa shape index (κ2) is 10.5. The van der Waals surface area contributed by atoms with Crippen LogP contribution in [0.5, 0.6) is 0 Å². The van der Waals surface area contributed by atoms with E-state index in [-0.39, 0.29) is 5.04 Å². The van der Waals surface area contributed by atoms with Crippen molar-refractivity contribution >= 4 is 25.2 Å². The van der Waals surface area contributed by atoms with Crippen molar-refractivity contribution in [1.29, 1.82) is 0 Å². The van der Waals surface area contributed by atoms with Crippen LogP contribution in [-0.2, 0) is 28.7 Å². The molecule has 0 radical (unpaired) electrons. The Hall–Kier alpha value is -2.26. The molecule has 5 rings (SSSR count). The number of rotatable bonds is 7. The van der Waals surface area contributed by atoms with Gasteiger partial charge in [0, 0.05) is 51.9 Å². The van der Waals surface area contributed by atoms with E-state index < -0.39 is 8.32 Å². The zero-order chi connectivity index (χ0) is 26.2. The minimum Gasteiger partial charge on any atom is -0.416 e. The van der Waals surface area contributed by atoms with Crippen LogP contribution < -0.4 is 4.90 Å². The van der Waals surface area contributed by atoms with E-state index in [1.165, 1.54) is 16.7 Å². The van der Waals surface area contributed by atoms with Gasteiger partial charge in [-0.3, -0.25) is 4.90 Å². The molecule has 0 atom stereocenters. The molecule has 3 aromatic rings. The van der Waals surface area contributed by atoms with Gasteiger partial charge in [0.15, 0.2) is 8.32 Å². The van der Waals surface area contributed by atoms with E-state index in [1.807, 2.05) is 6.20 Å². The van der Waals surface area contributed by atoms with Gasteiger partial charge in [0.1, 0.15) is 17.2 Å². The average Bonchev–Trinajstić information content (AvgIpc) is 3.18. The summed E-state index contributed by atoms with van der Waals surface area (Å²) in [6.07, 6.45) is 3.02. The number of aromatic nitrogens is 3. The quantitative estimate of drug-likeness (QED) is 0.408. The number of morpholine rings is 1. The van der Waals surface area contributed by atoms with Crippen molar-refractivity contribution in [3.05, 3.63) is 53.0 Å². The second-order valence-corrected chi connectivity index (χ2v) is 16.9. The third-order valence-electron chi connectivity index (χ3n) is 8.60. The van der Waals surface area contributed by atoms with Crippen molar-refractivity contribution < 1.29 is 9.16 Å². The molecule has 1 fully saturated rings. The van der Waals surface area contributed by atoms with Crippen LogP contribution >= 0.6 is 0 Å². The largest absolute Gasteiger partial charge is 0.416 e. The van der Waals surface area contributed by atoms with Gasteiger partial charge in [0.25, 0.3) is 0 Å². The fourth-order valence-electron chi connectivity index (χ4n) is 5.17. The number of nitrogens with zero attached hydrogens (tertiary/aromatic N) is 5. The number of pyridine rings is 1. The lowest BCUT2D eigenvalue weighted by Crippen LogP contribution is -2.43. The fraction of sp³-hybridized carbons (Fsp3) is 0.586. The topological polar surface area (TPSA) is 55.7 Å². The molecule has 0 spiro atoms. The maximum atomic E-state index is 6.49. The van der Waals surface area contributed by atoms with Gasteiger partial charge in [-0.05, 0) is 48.2 Å². The zero-order valence-corrected chi connectivity index (χ0v) is 24.5. The molecule has 2 aromatic heterocycles. The smallest absolute Gasteiger partial charge is 0.192 e. The first-order valence-corrected chi connectivity index (χ1v) is 16.6. The molecule has 1 saturated heterocycles. The van der Waals surface area contributed by atoms with E-state index in [4.69, 9.17) is 19.1 Å². The Balaban J connectivity index is 1.34. The maximum absolute atomic E-state index is 6.49. The highest BCUT2D eigenvalue weighted by Crippen LogP contribution is 2.36. The fourth-order valence-corrected chi connectivity index (χ4v) is 6.20. The first kappa shape index (κ1) is 26.3. The van der Waals surface area contributed by atoms with Crippen molar-refractivity contribution in [3.63, 3.8) is 0 Å². The van der Waals surface area contributed by atoms with E-state index in [0.29, 0.717) is 0 Å². The van der Waals surface area contributed by atoms with E-state index in [0.717, 1.165) is 88.2 Å². The highest BCUT2D eigenvalue weighted by molar-refractivity contribution is 6.74. The third kappa shape index (κ3) is 5.62. The summed E-state index contributed by atoms with van der Waals surface area (Å²) in [5.74, 6) is 2.05. The molecule has 7 nitrogen and oxygen atoms in total. The van der Waals surface area contributed by atoms with Crippen molar-refractivity contribution in [3.8, 4) is 0 Å². The number of ether oxygens (including phenoxy) is 1. The maximum Gasteiger partial charge on any atom is 0.192 e. The molecular weight excluding hydrogens is 478 g/mol. The van der Waals surface area contributed by atoms with Crippen LogP contribution in [0.2, 0.25) is 18.1 Å². The molecular formula is C29H43N5O2Si. The van der Waals surface area contributed by atoms with Crippen LogP contribution in [0.4, 0.5) is 5.82 Å². The molecule has 0 bridgehead atoms. The lowest BCUT2D eigenvalue weighted by Gasteiger charge is -2.37. The summed E-state index contributed by atoms with van der Waals surface area (Å²) in [7, 11) is -1.72. The van der Waals surface area contributed by atoms with Crippen molar-refractivity contribution in [2.45, 2.75) is 65.3 Å². The second-order valence-electron chi connectivity index (χ2n) is 12.1. The molecule has 2 aliphatic heterocycles. The van der Waals surface area contributed by atoms with Crippen LogP contribution in [0.3, 0.4) is 0 Å². The summed E-state index contributed by atoms with van der Waals surface area (Å²) >= 11 is 0. The Morgan fingerprint density at radius 3 is 2.65 bits per heavy atom. The molecule has 2 aliphatic rings. The van der Waals surface area contributed by atoms with Gasteiger partial charge in [-0.15, -0.1) is 0 Å². The van der Waals surface area contributed by atoms with E-state index in [1.54, 1.807) is 0 Å². The first-order chi connectivity index (χ1) is 17.6. The lowest BCUT2D eigenvalue weighted by atomic mass is 9.94. The van der Waals surface area contributed by atoms with E-state index in [2.05, 4.69) is 79.4 Å². The van der Waals surface area contributed by atoms with Gasteiger partial charge < -0.3 is 18.6 Å².